The summed E-state index contributed by atoms with van der Waals surface area (Å²) in [6.07, 6.45) is 6.74. The Balaban J connectivity index is 2.04. The van der Waals surface area contributed by atoms with Crippen molar-refractivity contribution < 1.29 is 13.9 Å². The van der Waals surface area contributed by atoms with Crippen LogP contribution in [0.2, 0.25) is 0 Å². The Kier molecular flexibility index (Phi) is 2.42. The first-order chi connectivity index (χ1) is 6.73. The molecule has 1 aromatic heterocycles. The van der Waals surface area contributed by atoms with Crippen LogP contribution >= 0.6 is 0 Å². The maximum Gasteiger partial charge on any atom is 0.122 e. The van der Waals surface area contributed by atoms with Crippen LogP contribution in [0.25, 0.3) is 0 Å². The molecule has 0 bridgehead atoms. The Morgan fingerprint density at radius 1 is 1.71 bits per heavy atom. The molecule has 0 radical (unpaired) electrons. The molecule has 76 valence electrons. The van der Waals surface area contributed by atoms with Gasteiger partial charge in [0.2, 0.25) is 0 Å². The van der Waals surface area contributed by atoms with Crippen molar-refractivity contribution in [1.82, 2.24) is 0 Å². The Labute approximate surface area is 83.0 Å². The van der Waals surface area contributed by atoms with E-state index in [1.165, 1.54) is 0 Å². The van der Waals surface area contributed by atoms with E-state index >= 15 is 0 Å². The lowest BCUT2D eigenvalue weighted by Gasteiger charge is -2.21. The maximum absolute atomic E-state index is 10.5. The molecule has 0 N–H and O–H groups in total. The van der Waals surface area contributed by atoms with E-state index < -0.39 is 0 Å². The van der Waals surface area contributed by atoms with Crippen LogP contribution in [-0.4, -0.2) is 11.9 Å². The number of furan rings is 1. The second-order valence-corrected chi connectivity index (χ2v) is 4.02. The second-order valence-electron chi connectivity index (χ2n) is 4.02. The third kappa shape index (κ3) is 1.73. The summed E-state index contributed by atoms with van der Waals surface area (Å²) >= 11 is 0. The largest absolute Gasteiger partial charge is 0.472 e. The van der Waals surface area contributed by atoms with Gasteiger partial charge in [0, 0.05) is 12.0 Å². The van der Waals surface area contributed by atoms with Gasteiger partial charge in [-0.2, -0.15) is 0 Å². The highest BCUT2D eigenvalue weighted by Gasteiger charge is 2.36. The van der Waals surface area contributed by atoms with Crippen LogP contribution in [-0.2, 0) is 9.53 Å². The standard InChI is InChI=1S/C11H14O3/c1-11(5-6-12)4-2-10(14-11)9-3-7-13-8-9/h3,6-8,10H,2,4-5H2,1H3. The highest BCUT2D eigenvalue weighted by Crippen LogP contribution is 2.40. The summed E-state index contributed by atoms with van der Waals surface area (Å²) in [5, 5.41) is 0. The SMILES string of the molecule is CC1(CC=O)CCC(c2ccoc2)O1. The molecule has 1 aliphatic heterocycles. The Bertz CT molecular complexity index is 304. The van der Waals surface area contributed by atoms with Crippen LogP contribution in [0.1, 0.15) is 37.9 Å². The first-order valence-electron chi connectivity index (χ1n) is 4.87. The number of hydrogen-bond donors (Lipinski definition) is 0. The van der Waals surface area contributed by atoms with Crippen molar-refractivity contribution in [3.05, 3.63) is 24.2 Å². The summed E-state index contributed by atoms with van der Waals surface area (Å²) in [6, 6.07) is 1.91. The lowest BCUT2D eigenvalue weighted by molar-refractivity contribution is -0.114. The number of rotatable bonds is 3. The molecule has 3 nitrogen and oxygen atoms in total. The smallest absolute Gasteiger partial charge is 0.122 e. The van der Waals surface area contributed by atoms with Crippen molar-refractivity contribution in [3.63, 3.8) is 0 Å². The van der Waals surface area contributed by atoms with E-state index in [0.717, 1.165) is 24.7 Å². The first kappa shape index (κ1) is 9.46. The van der Waals surface area contributed by atoms with Gasteiger partial charge in [0.15, 0.2) is 0 Å². The van der Waals surface area contributed by atoms with Gasteiger partial charge in [-0.15, -0.1) is 0 Å². The maximum atomic E-state index is 10.5. The molecule has 1 saturated heterocycles. The van der Waals surface area contributed by atoms with Gasteiger partial charge in [0.25, 0.3) is 0 Å². The molecule has 2 heterocycles. The van der Waals surface area contributed by atoms with Crippen molar-refractivity contribution in [2.45, 2.75) is 37.9 Å². The summed E-state index contributed by atoms with van der Waals surface area (Å²) in [4.78, 5) is 10.5. The van der Waals surface area contributed by atoms with Gasteiger partial charge in [0.05, 0.1) is 24.2 Å². The highest BCUT2D eigenvalue weighted by atomic mass is 16.5. The quantitative estimate of drug-likeness (QED) is 0.694. The molecule has 0 saturated carbocycles. The molecule has 0 aromatic carbocycles. The molecule has 0 amide bonds. The summed E-state index contributed by atoms with van der Waals surface area (Å²) in [7, 11) is 0. The van der Waals surface area contributed by atoms with Crippen LogP contribution in [0.3, 0.4) is 0 Å². The summed E-state index contributed by atoms with van der Waals surface area (Å²) in [6.45, 7) is 1.99. The van der Waals surface area contributed by atoms with Gasteiger partial charge in [-0.25, -0.2) is 0 Å². The Hall–Kier alpha value is -1.09. The zero-order valence-corrected chi connectivity index (χ0v) is 8.23. The monoisotopic (exact) mass is 194 g/mol. The van der Waals surface area contributed by atoms with E-state index in [2.05, 4.69) is 0 Å². The molecule has 3 heteroatoms. The second kappa shape index (κ2) is 3.58. The normalized spacial score (nSPS) is 31.9. The van der Waals surface area contributed by atoms with Crippen molar-refractivity contribution in [3.8, 4) is 0 Å². The number of carbonyl (C=O) groups excluding carboxylic acids is 1. The molecule has 2 rings (SSSR count). The molecule has 0 spiro atoms. The minimum Gasteiger partial charge on any atom is -0.472 e. The van der Waals surface area contributed by atoms with Crippen LogP contribution in [0, 0.1) is 0 Å². The average Bonchev–Trinajstić information content (AvgIpc) is 2.73. The zero-order chi connectivity index (χ0) is 10.0. The van der Waals surface area contributed by atoms with Crippen LogP contribution in [0.5, 0.6) is 0 Å². The van der Waals surface area contributed by atoms with Gasteiger partial charge < -0.3 is 13.9 Å². The fraction of sp³-hybridized carbons (Fsp3) is 0.545. The summed E-state index contributed by atoms with van der Waals surface area (Å²) in [5.74, 6) is 0. The van der Waals surface area contributed by atoms with Crippen molar-refractivity contribution in [1.29, 1.82) is 0 Å². The Morgan fingerprint density at radius 2 is 2.57 bits per heavy atom. The molecule has 2 unspecified atom stereocenters. The molecule has 2 atom stereocenters. The van der Waals surface area contributed by atoms with Gasteiger partial charge in [-0.05, 0) is 25.8 Å². The summed E-state index contributed by atoms with van der Waals surface area (Å²) < 4.78 is 10.8. The predicted molar refractivity (Wildman–Crippen MR) is 50.9 cm³/mol. The molecular weight excluding hydrogens is 180 g/mol. The van der Waals surface area contributed by atoms with E-state index in [0.29, 0.717) is 6.42 Å². The number of carbonyl (C=O) groups is 1. The minimum absolute atomic E-state index is 0.0960. The molecule has 1 fully saturated rings. The molecular formula is C11H14O3. The topological polar surface area (TPSA) is 39.4 Å². The fourth-order valence-electron chi connectivity index (χ4n) is 1.92. The van der Waals surface area contributed by atoms with E-state index in [-0.39, 0.29) is 11.7 Å². The Morgan fingerprint density at radius 3 is 3.21 bits per heavy atom. The number of aldehydes is 1. The third-order valence-corrected chi connectivity index (χ3v) is 2.79. The molecule has 0 aliphatic carbocycles. The molecule has 1 aliphatic rings. The van der Waals surface area contributed by atoms with Crippen molar-refractivity contribution in [2.24, 2.45) is 0 Å². The van der Waals surface area contributed by atoms with Gasteiger partial charge >= 0.3 is 0 Å². The zero-order valence-electron chi connectivity index (χ0n) is 8.23. The first-order valence-corrected chi connectivity index (χ1v) is 4.87. The van der Waals surface area contributed by atoms with Crippen LogP contribution in [0.15, 0.2) is 23.0 Å². The predicted octanol–water partition coefficient (Wildman–Crippen LogP) is 2.48. The van der Waals surface area contributed by atoms with Gasteiger partial charge in [0.1, 0.15) is 6.29 Å². The van der Waals surface area contributed by atoms with Crippen LogP contribution < -0.4 is 0 Å². The van der Waals surface area contributed by atoms with Gasteiger partial charge in [-0.1, -0.05) is 0 Å². The van der Waals surface area contributed by atoms with Crippen molar-refractivity contribution in [2.75, 3.05) is 0 Å². The average molecular weight is 194 g/mol. The van der Waals surface area contributed by atoms with Crippen LogP contribution in [0.4, 0.5) is 0 Å². The molecule has 1 aromatic rings. The molecule has 14 heavy (non-hydrogen) atoms. The minimum atomic E-state index is -0.274. The van der Waals surface area contributed by atoms with E-state index in [1.54, 1.807) is 12.5 Å². The summed E-state index contributed by atoms with van der Waals surface area (Å²) in [5.41, 5.74) is 0.795. The third-order valence-electron chi connectivity index (χ3n) is 2.79. The number of ether oxygens (including phenoxy) is 1. The fourth-order valence-corrected chi connectivity index (χ4v) is 1.92. The van der Waals surface area contributed by atoms with E-state index in [9.17, 15) is 4.79 Å². The van der Waals surface area contributed by atoms with E-state index in [4.69, 9.17) is 9.15 Å². The lowest BCUT2D eigenvalue weighted by atomic mass is 9.98. The van der Waals surface area contributed by atoms with Gasteiger partial charge in [-0.3, -0.25) is 0 Å². The number of hydrogen-bond acceptors (Lipinski definition) is 3. The van der Waals surface area contributed by atoms with Crippen molar-refractivity contribution >= 4 is 6.29 Å². The lowest BCUT2D eigenvalue weighted by Crippen LogP contribution is -2.23. The highest BCUT2D eigenvalue weighted by molar-refractivity contribution is 5.51. The van der Waals surface area contributed by atoms with E-state index in [1.807, 2.05) is 13.0 Å².